The Balaban J connectivity index is 1.66. The highest BCUT2D eigenvalue weighted by molar-refractivity contribution is 5.54. The van der Waals surface area contributed by atoms with E-state index in [4.69, 9.17) is 0 Å². The minimum absolute atomic E-state index is 0.939. The molecule has 0 atom stereocenters. The van der Waals surface area contributed by atoms with Gasteiger partial charge in [0, 0.05) is 48.8 Å². The molecule has 0 aliphatic rings. The molecule has 0 unspecified atom stereocenters. The molecule has 0 saturated heterocycles. The number of nitrogens with zero attached hydrogens (tertiary/aromatic N) is 4. The molecule has 100 valence electrons. The van der Waals surface area contributed by atoms with Crippen molar-refractivity contribution in [3.63, 3.8) is 0 Å². The van der Waals surface area contributed by atoms with Crippen LogP contribution in [0, 0.1) is 0 Å². The van der Waals surface area contributed by atoms with E-state index in [1.807, 2.05) is 42.9 Å². The molecular weight excluding hydrogens is 248 g/mol. The van der Waals surface area contributed by atoms with Crippen LogP contribution in [0.2, 0.25) is 0 Å². The fourth-order valence-corrected chi connectivity index (χ4v) is 2.23. The van der Waals surface area contributed by atoms with Crippen molar-refractivity contribution in [1.29, 1.82) is 0 Å². The first kappa shape index (κ1) is 12.5. The second-order valence-electron chi connectivity index (χ2n) is 4.60. The molecule has 4 nitrogen and oxygen atoms in total. The summed E-state index contributed by atoms with van der Waals surface area (Å²) in [7, 11) is 0. The first-order chi connectivity index (χ1) is 9.93. The van der Waals surface area contributed by atoms with Crippen LogP contribution >= 0.6 is 0 Å². The molecule has 3 aromatic rings. The highest BCUT2D eigenvalue weighted by Gasteiger charge is 2.05. The molecule has 0 saturated carbocycles. The molecule has 0 amide bonds. The Morgan fingerprint density at radius 2 is 1.80 bits per heavy atom. The van der Waals surface area contributed by atoms with E-state index in [1.54, 1.807) is 12.4 Å². The monoisotopic (exact) mass is 264 g/mol. The molecule has 0 radical (unpaired) electrons. The van der Waals surface area contributed by atoms with Crippen molar-refractivity contribution in [2.24, 2.45) is 0 Å². The summed E-state index contributed by atoms with van der Waals surface area (Å²) in [4.78, 5) is 12.8. The molecule has 3 aromatic heterocycles. The normalized spacial score (nSPS) is 10.6. The van der Waals surface area contributed by atoms with Crippen LogP contribution in [0.4, 0.5) is 0 Å². The standard InChI is InChI=1S/C16H16N4/c1-2-8-18-15(4-1)5-3-12-20-13-11-19-16(20)14-6-9-17-10-7-14/h1-2,4,6-11,13H,3,5,12H2. The van der Waals surface area contributed by atoms with Crippen LogP contribution in [0.1, 0.15) is 12.1 Å². The Bertz CT molecular complexity index is 647. The SMILES string of the molecule is c1ccc(CCCn2ccnc2-c2ccncc2)nc1. The lowest BCUT2D eigenvalue weighted by molar-refractivity contribution is 0.641. The average molecular weight is 264 g/mol. The van der Waals surface area contributed by atoms with E-state index < -0.39 is 0 Å². The van der Waals surface area contributed by atoms with Crippen molar-refractivity contribution in [2.45, 2.75) is 19.4 Å². The number of hydrogen-bond donors (Lipinski definition) is 0. The van der Waals surface area contributed by atoms with E-state index in [0.29, 0.717) is 0 Å². The van der Waals surface area contributed by atoms with E-state index in [9.17, 15) is 0 Å². The number of rotatable bonds is 5. The van der Waals surface area contributed by atoms with E-state index in [1.165, 1.54) is 0 Å². The second kappa shape index (κ2) is 6.10. The maximum Gasteiger partial charge on any atom is 0.139 e. The molecule has 0 N–H and O–H groups in total. The van der Waals surface area contributed by atoms with Crippen LogP contribution in [0.25, 0.3) is 11.4 Å². The summed E-state index contributed by atoms with van der Waals surface area (Å²) >= 11 is 0. The van der Waals surface area contributed by atoms with Crippen LogP contribution in [0.15, 0.2) is 61.3 Å². The van der Waals surface area contributed by atoms with Gasteiger partial charge in [0.25, 0.3) is 0 Å². The number of pyridine rings is 2. The van der Waals surface area contributed by atoms with Crippen molar-refractivity contribution >= 4 is 0 Å². The van der Waals surface area contributed by atoms with Crippen LogP contribution < -0.4 is 0 Å². The number of hydrogen-bond acceptors (Lipinski definition) is 3. The molecule has 0 spiro atoms. The summed E-state index contributed by atoms with van der Waals surface area (Å²) in [6, 6.07) is 10.0. The minimum atomic E-state index is 0.939. The summed E-state index contributed by atoms with van der Waals surface area (Å²) in [6.07, 6.45) is 11.3. The summed E-state index contributed by atoms with van der Waals surface area (Å²) < 4.78 is 2.18. The molecule has 20 heavy (non-hydrogen) atoms. The molecule has 0 bridgehead atoms. The first-order valence-corrected chi connectivity index (χ1v) is 6.75. The zero-order valence-electron chi connectivity index (χ0n) is 11.2. The van der Waals surface area contributed by atoms with Gasteiger partial charge in [0.2, 0.25) is 0 Å². The van der Waals surface area contributed by atoms with Crippen LogP contribution in [0.5, 0.6) is 0 Å². The van der Waals surface area contributed by atoms with Gasteiger partial charge in [-0.05, 0) is 37.1 Å². The van der Waals surface area contributed by atoms with Crippen molar-refractivity contribution in [1.82, 2.24) is 19.5 Å². The maximum absolute atomic E-state index is 4.43. The van der Waals surface area contributed by atoms with Gasteiger partial charge in [0.05, 0.1) is 0 Å². The number of aryl methyl sites for hydroxylation is 2. The quantitative estimate of drug-likeness (QED) is 0.711. The molecule has 3 heterocycles. The predicted molar refractivity (Wildman–Crippen MR) is 78.0 cm³/mol. The van der Waals surface area contributed by atoms with Crippen LogP contribution in [-0.4, -0.2) is 19.5 Å². The second-order valence-corrected chi connectivity index (χ2v) is 4.60. The van der Waals surface area contributed by atoms with E-state index in [-0.39, 0.29) is 0 Å². The Hall–Kier alpha value is -2.49. The van der Waals surface area contributed by atoms with Gasteiger partial charge in [-0.2, -0.15) is 0 Å². The molecule has 0 fully saturated rings. The highest BCUT2D eigenvalue weighted by Crippen LogP contribution is 2.16. The minimum Gasteiger partial charge on any atom is -0.331 e. The van der Waals surface area contributed by atoms with Crippen molar-refractivity contribution in [2.75, 3.05) is 0 Å². The molecule has 4 heteroatoms. The van der Waals surface area contributed by atoms with Gasteiger partial charge in [-0.25, -0.2) is 4.98 Å². The summed E-state index contributed by atoms with van der Waals surface area (Å²) in [5.41, 5.74) is 2.24. The van der Waals surface area contributed by atoms with Crippen molar-refractivity contribution < 1.29 is 0 Å². The van der Waals surface area contributed by atoms with Gasteiger partial charge in [0.1, 0.15) is 5.82 Å². The molecule has 0 aliphatic heterocycles. The topological polar surface area (TPSA) is 43.6 Å². The molecule has 0 aromatic carbocycles. The van der Waals surface area contributed by atoms with Gasteiger partial charge >= 0.3 is 0 Å². The Labute approximate surface area is 118 Å². The Morgan fingerprint density at radius 3 is 2.60 bits per heavy atom. The van der Waals surface area contributed by atoms with E-state index in [2.05, 4.69) is 25.6 Å². The number of imidazole rings is 1. The summed E-state index contributed by atoms with van der Waals surface area (Å²) in [5.74, 6) is 0.994. The lowest BCUT2D eigenvalue weighted by Gasteiger charge is -2.07. The van der Waals surface area contributed by atoms with E-state index in [0.717, 1.165) is 36.5 Å². The summed E-state index contributed by atoms with van der Waals surface area (Å²) in [5, 5.41) is 0. The van der Waals surface area contributed by atoms with Crippen molar-refractivity contribution in [3.05, 3.63) is 67.0 Å². The third-order valence-electron chi connectivity index (χ3n) is 3.21. The summed E-state index contributed by atoms with van der Waals surface area (Å²) in [6.45, 7) is 0.939. The smallest absolute Gasteiger partial charge is 0.139 e. The fourth-order valence-electron chi connectivity index (χ4n) is 2.23. The lowest BCUT2D eigenvalue weighted by Crippen LogP contribution is -2.01. The predicted octanol–water partition coefficient (Wildman–Crippen LogP) is 2.97. The zero-order chi connectivity index (χ0) is 13.6. The molecular formula is C16H16N4. The van der Waals surface area contributed by atoms with Crippen LogP contribution in [0.3, 0.4) is 0 Å². The van der Waals surface area contributed by atoms with Gasteiger partial charge < -0.3 is 4.57 Å². The zero-order valence-corrected chi connectivity index (χ0v) is 11.2. The fraction of sp³-hybridized carbons (Fsp3) is 0.188. The van der Waals surface area contributed by atoms with Gasteiger partial charge in [0.15, 0.2) is 0 Å². The Morgan fingerprint density at radius 1 is 0.900 bits per heavy atom. The van der Waals surface area contributed by atoms with Gasteiger partial charge in [-0.15, -0.1) is 0 Å². The molecule has 0 aliphatic carbocycles. The van der Waals surface area contributed by atoms with E-state index >= 15 is 0 Å². The third-order valence-corrected chi connectivity index (χ3v) is 3.21. The lowest BCUT2D eigenvalue weighted by atomic mass is 10.2. The third kappa shape index (κ3) is 2.91. The van der Waals surface area contributed by atoms with Gasteiger partial charge in [-0.3, -0.25) is 9.97 Å². The first-order valence-electron chi connectivity index (χ1n) is 6.75. The largest absolute Gasteiger partial charge is 0.331 e. The molecule has 3 rings (SSSR count). The van der Waals surface area contributed by atoms with Gasteiger partial charge in [-0.1, -0.05) is 6.07 Å². The number of aromatic nitrogens is 4. The highest BCUT2D eigenvalue weighted by atomic mass is 15.1. The van der Waals surface area contributed by atoms with Crippen molar-refractivity contribution in [3.8, 4) is 11.4 Å². The maximum atomic E-state index is 4.43. The average Bonchev–Trinajstić information content (AvgIpc) is 2.98. The Kier molecular flexibility index (Phi) is 3.83. The van der Waals surface area contributed by atoms with Crippen LogP contribution in [-0.2, 0) is 13.0 Å².